The summed E-state index contributed by atoms with van der Waals surface area (Å²) in [4.78, 5) is 1.29. The lowest BCUT2D eigenvalue weighted by atomic mass is 10.1. The Morgan fingerprint density at radius 1 is 1.47 bits per heavy atom. The molecule has 2 aromatic rings. The van der Waals surface area contributed by atoms with E-state index < -0.39 is 0 Å². The number of benzene rings is 1. The molecule has 0 spiro atoms. The molecule has 0 unspecified atom stereocenters. The minimum atomic E-state index is -0.312. The molecule has 2 rings (SSSR count). The number of rotatable bonds is 1. The predicted molar refractivity (Wildman–Crippen MR) is 71.3 cm³/mol. The average molecular weight is 311 g/mol. The van der Waals surface area contributed by atoms with E-state index in [9.17, 15) is 4.39 Å². The minimum absolute atomic E-state index is 0.312. The standard InChI is InChI=1S/C12H8BrFN2S/c1-6-11(16)10(5-15)17-12(6)8-4-7(14)2-3-9(8)13/h2-4H,16H2,1H3. The summed E-state index contributed by atoms with van der Waals surface area (Å²) in [5.41, 5.74) is 7.83. The van der Waals surface area contributed by atoms with Gasteiger partial charge in [-0.05, 0) is 30.7 Å². The maximum atomic E-state index is 13.2. The third-order valence-corrected chi connectivity index (χ3v) is 4.40. The van der Waals surface area contributed by atoms with Gasteiger partial charge in [-0.2, -0.15) is 5.26 Å². The highest BCUT2D eigenvalue weighted by molar-refractivity contribution is 9.10. The van der Waals surface area contributed by atoms with E-state index in [0.717, 1.165) is 20.5 Å². The molecule has 0 radical (unpaired) electrons. The second kappa shape index (κ2) is 4.47. The number of nitrogens with two attached hydrogens (primary N) is 1. The van der Waals surface area contributed by atoms with Crippen molar-refractivity contribution in [2.24, 2.45) is 0 Å². The second-order valence-corrected chi connectivity index (χ2v) is 5.41. The molecule has 0 saturated carbocycles. The maximum absolute atomic E-state index is 13.2. The summed E-state index contributed by atoms with van der Waals surface area (Å²) in [6.45, 7) is 1.83. The molecule has 1 aromatic heterocycles. The Labute approximate surface area is 111 Å². The van der Waals surface area contributed by atoms with E-state index >= 15 is 0 Å². The number of anilines is 1. The van der Waals surface area contributed by atoms with Crippen LogP contribution in [0.15, 0.2) is 22.7 Å². The number of nitriles is 1. The van der Waals surface area contributed by atoms with Crippen LogP contribution in [-0.2, 0) is 0 Å². The number of halogens is 2. The predicted octanol–water partition coefficient (Wildman–Crippen LogP) is 4.08. The molecule has 0 aliphatic rings. The minimum Gasteiger partial charge on any atom is -0.397 e. The van der Waals surface area contributed by atoms with Gasteiger partial charge in [0.15, 0.2) is 0 Å². The van der Waals surface area contributed by atoms with E-state index in [1.165, 1.54) is 23.5 Å². The summed E-state index contributed by atoms with van der Waals surface area (Å²) in [6, 6.07) is 6.50. The van der Waals surface area contributed by atoms with Crippen LogP contribution in [0.1, 0.15) is 10.4 Å². The molecule has 1 aromatic carbocycles. The summed E-state index contributed by atoms with van der Waals surface area (Å²) < 4.78 is 14.0. The van der Waals surface area contributed by atoms with Crippen LogP contribution in [0.4, 0.5) is 10.1 Å². The van der Waals surface area contributed by atoms with Crippen molar-refractivity contribution < 1.29 is 4.39 Å². The Kier molecular flexibility index (Phi) is 3.18. The Hall–Kier alpha value is -1.38. The van der Waals surface area contributed by atoms with Gasteiger partial charge in [0, 0.05) is 14.9 Å². The number of hydrogen-bond donors (Lipinski definition) is 1. The number of nitrogen functional groups attached to an aromatic ring is 1. The Morgan fingerprint density at radius 3 is 2.76 bits per heavy atom. The van der Waals surface area contributed by atoms with Crippen molar-refractivity contribution in [1.82, 2.24) is 0 Å². The van der Waals surface area contributed by atoms with Crippen LogP contribution < -0.4 is 5.73 Å². The van der Waals surface area contributed by atoms with E-state index in [4.69, 9.17) is 11.0 Å². The normalized spacial score (nSPS) is 10.2. The highest BCUT2D eigenvalue weighted by Gasteiger charge is 2.16. The number of nitrogens with zero attached hydrogens (tertiary/aromatic N) is 1. The fourth-order valence-corrected chi connectivity index (χ4v) is 3.17. The van der Waals surface area contributed by atoms with Crippen LogP contribution in [-0.4, -0.2) is 0 Å². The van der Waals surface area contributed by atoms with E-state index in [1.807, 2.05) is 13.0 Å². The molecule has 0 fully saturated rings. The molecule has 2 N–H and O–H groups in total. The number of thiophene rings is 1. The average Bonchev–Trinajstić information content (AvgIpc) is 2.59. The zero-order chi connectivity index (χ0) is 12.6. The summed E-state index contributed by atoms with van der Waals surface area (Å²) in [6.07, 6.45) is 0. The molecular weight excluding hydrogens is 303 g/mol. The summed E-state index contributed by atoms with van der Waals surface area (Å²) in [7, 11) is 0. The van der Waals surface area contributed by atoms with Crippen molar-refractivity contribution in [3.63, 3.8) is 0 Å². The topological polar surface area (TPSA) is 49.8 Å². The summed E-state index contributed by atoms with van der Waals surface area (Å²) in [5.74, 6) is -0.312. The Bertz CT molecular complexity index is 628. The molecular formula is C12H8BrFN2S. The summed E-state index contributed by atoms with van der Waals surface area (Å²) >= 11 is 4.65. The maximum Gasteiger partial charge on any atom is 0.128 e. The first-order valence-corrected chi connectivity index (χ1v) is 6.40. The largest absolute Gasteiger partial charge is 0.397 e. The van der Waals surface area contributed by atoms with Gasteiger partial charge in [-0.3, -0.25) is 0 Å². The van der Waals surface area contributed by atoms with Crippen LogP contribution in [0, 0.1) is 24.1 Å². The zero-order valence-corrected chi connectivity index (χ0v) is 11.3. The number of hydrogen-bond acceptors (Lipinski definition) is 3. The van der Waals surface area contributed by atoms with Crippen molar-refractivity contribution >= 4 is 33.0 Å². The molecule has 1 heterocycles. The van der Waals surface area contributed by atoms with Crippen LogP contribution >= 0.6 is 27.3 Å². The van der Waals surface area contributed by atoms with Crippen LogP contribution in [0.3, 0.4) is 0 Å². The highest BCUT2D eigenvalue weighted by Crippen LogP contribution is 2.40. The third-order valence-electron chi connectivity index (χ3n) is 2.47. The van der Waals surface area contributed by atoms with Gasteiger partial charge in [0.05, 0.1) is 5.69 Å². The van der Waals surface area contributed by atoms with Crippen molar-refractivity contribution in [3.8, 4) is 16.5 Å². The van der Waals surface area contributed by atoms with Gasteiger partial charge < -0.3 is 5.73 Å². The van der Waals surface area contributed by atoms with Gasteiger partial charge in [0.2, 0.25) is 0 Å². The van der Waals surface area contributed by atoms with E-state index in [1.54, 1.807) is 6.07 Å². The van der Waals surface area contributed by atoms with Crippen LogP contribution in [0.5, 0.6) is 0 Å². The monoisotopic (exact) mass is 310 g/mol. The molecule has 0 saturated heterocycles. The molecule has 17 heavy (non-hydrogen) atoms. The van der Waals surface area contributed by atoms with Gasteiger partial charge in [0.25, 0.3) is 0 Å². The molecule has 5 heteroatoms. The van der Waals surface area contributed by atoms with Gasteiger partial charge in [0.1, 0.15) is 16.8 Å². The first-order valence-electron chi connectivity index (χ1n) is 4.79. The fourth-order valence-electron chi connectivity index (χ4n) is 1.54. The first-order chi connectivity index (χ1) is 8.04. The molecule has 0 aliphatic carbocycles. The quantitative estimate of drug-likeness (QED) is 0.862. The van der Waals surface area contributed by atoms with E-state index in [0.29, 0.717) is 10.6 Å². The van der Waals surface area contributed by atoms with E-state index in [-0.39, 0.29) is 5.82 Å². The fraction of sp³-hybridized carbons (Fsp3) is 0.0833. The van der Waals surface area contributed by atoms with E-state index in [2.05, 4.69) is 15.9 Å². The highest BCUT2D eigenvalue weighted by atomic mass is 79.9. The molecule has 86 valence electrons. The molecule has 2 nitrogen and oxygen atoms in total. The van der Waals surface area contributed by atoms with Crippen LogP contribution in [0.2, 0.25) is 0 Å². The smallest absolute Gasteiger partial charge is 0.128 e. The lowest BCUT2D eigenvalue weighted by molar-refractivity contribution is 0.628. The Balaban J connectivity index is 2.69. The van der Waals surface area contributed by atoms with Crippen molar-refractivity contribution in [3.05, 3.63) is 38.9 Å². The summed E-state index contributed by atoms with van der Waals surface area (Å²) in [5, 5.41) is 8.92. The molecule has 0 atom stereocenters. The Morgan fingerprint density at radius 2 is 2.18 bits per heavy atom. The van der Waals surface area contributed by atoms with Gasteiger partial charge in [-0.15, -0.1) is 11.3 Å². The SMILES string of the molecule is Cc1c(-c2cc(F)ccc2Br)sc(C#N)c1N. The van der Waals surface area contributed by atoms with Crippen molar-refractivity contribution in [1.29, 1.82) is 5.26 Å². The zero-order valence-electron chi connectivity index (χ0n) is 8.92. The van der Waals surface area contributed by atoms with Crippen molar-refractivity contribution in [2.45, 2.75) is 6.92 Å². The van der Waals surface area contributed by atoms with Gasteiger partial charge >= 0.3 is 0 Å². The van der Waals surface area contributed by atoms with Gasteiger partial charge in [-0.25, -0.2) is 4.39 Å². The van der Waals surface area contributed by atoms with Gasteiger partial charge in [-0.1, -0.05) is 15.9 Å². The van der Waals surface area contributed by atoms with Crippen molar-refractivity contribution in [2.75, 3.05) is 5.73 Å². The molecule has 0 aliphatic heterocycles. The second-order valence-electron chi connectivity index (χ2n) is 3.53. The lowest BCUT2D eigenvalue weighted by Gasteiger charge is -2.03. The first kappa shape index (κ1) is 12.1. The molecule has 0 amide bonds. The third kappa shape index (κ3) is 2.06. The lowest BCUT2D eigenvalue weighted by Crippen LogP contribution is -1.88. The van der Waals surface area contributed by atoms with Crippen LogP contribution in [0.25, 0.3) is 10.4 Å². The molecule has 0 bridgehead atoms.